The van der Waals surface area contributed by atoms with Gasteiger partial charge >= 0.3 is 0 Å². The molecule has 1 aromatic carbocycles. The summed E-state index contributed by atoms with van der Waals surface area (Å²) < 4.78 is 0. The second-order valence-corrected chi connectivity index (χ2v) is 5.91. The lowest BCUT2D eigenvalue weighted by Gasteiger charge is -2.05. The minimum atomic E-state index is 0.476. The quantitative estimate of drug-likeness (QED) is 0.905. The predicted octanol–water partition coefficient (Wildman–Crippen LogP) is 4.27. The first-order valence-corrected chi connectivity index (χ1v) is 7.26. The third kappa shape index (κ3) is 3.31. The van der Waals surface area contributed by atoms with E-state index in [1.165, 1.54) is 0 Å². The van der Waals surface area contributed by atoms with Crippen LogP contribution in [0.25, 0.3) is 10.6 Å². The van der Waals surface area contributed by atoms with Crippen LogP contribution in [0.5, 0.6) is 0 Å². The van der Waals surface area contributed by atoms with Crippen molar-refractivity contribution in [3.05, 3.63) is 39.9 Å². The van der Waals surface area contributed by atoms with E-state index in [1.54, 1.807) is 11.3 Å². The average molecular weight is 281 g/mol. The van der Waals surface area contributed by atoms with Gasteiger partial charge in [0.2, 0.25) is 0 Å². The first-order valence-electron chi connectivity index (χ1n) is 6.00. The van der Waals surface area contributed by atoms with Crippen LogP contribution in [0.1, 0.15) is 25.1 Å². The second kappa shape index (κ2) is 5.83. The van der Waals surface area contributed by atoms with Gasteiger partial charge in [0.25, 0.3) is 0 Å². The molecule has 0 aliphatic rings. The molecule has 0 bridgehead atoms. The number of thiazole rings is 1. The molecular weight excluding hydrogens is 264 g/mol. The largest absolute Gasteiger partial charge is 0.309 e. The molecule has 0 aliphatic heterocycles. The maximum Gasteiger partial charge on any atom is 0.123 e. The van der Waals surface area contributed by atoms with Crippen LogP contribution in [0.2, 0.25) is 5.02 Å². The van der Waals surface area contributed by atoms with Crippen LogP contribution in [-0.4, -0.2) is 11.0 Å². The predicted molar refractivity (Wildman–Crippen MR) is 79.3 cm³/mol. The van der Waals surface area contributed by atoms with E-state index in [2.05, 4.69) is 35.6 Å². The highest BCUT2D eigenvalue weighted by molar-refractivity contribution is 7.13. The zero-order chi connectivity index (χ0) is 13.1. The van der Waals surface area contributed by atoms with Gasteiger partial charge in [0.05, 0.1) is 5.69 Å². The molecule has 96 valence electrons. The van der Waals surface area contributed by atoms with Crippen LogP contribution in [0.3, 0.4) is 0 Å². The molecule has 0 saturated carbocycles. The van der Waals surface area contributed by atoms with E-state index < -0.39 is 0 Å². The Hall–Kier alpha value is -0.900. The summed E-state index contributed by atoms with van der Waals surface area (Å²) in [7, 11) is 0. The topological polar surface area (TPSA) is 24.9 Å². The van der Waals surface area contributed by atoms with Crippen molar-refractivity contribution in [2.45, 2.75) is 33.4 Å². The van der Waals surface area contributed by atoms with E-state index in [-0.39, 0.29) is 0 Å². The fraction of sp³-hybridized carbons (Fsp3) is 0.357. The standard InChI is InChI=1S/C14H17ClN2S/c1-9(2)16-7-12-8-18-14(17-12)11-5-4-10(3)13(15)6-11/h4-6,8-9,16H,7H2,1-3H3. The molecule has 1 heterocycles. The summed E-state index contributed by atoms with van der Waals surface area (Å²) in [4.78, 5) is 4.62. The maximum absolute atomic E-state index is 6.14. The zero-order valence-electron chi connectivity index (χ0n) is 10.8. The zero-order valence-corrected chi connectivity index (χ0v) is 12.4. The van der Waals surface area contributed by atoms with Crippen molar-refractivity contribution < 1.29 is 0 Å². The van der Waals surface area contributed by atoms with Crippen molar-refractivity contribution >= 4 is 22.9 Å². The molecule has 2 rings (SSSR count). The number of benzene rings is 1. The van der Waals surface area contributed by atoms with Crippen molar-refractivity contribution in [3.8, 4) is 10.6 Å². The number of aromatic nitrogens is 1. The Morgan fingerprint density at radius 2 is 2.17 bits per heavy atom. The Bertz CT molecular complexity index is 534. The van der Waals surface area contributed by atoms with Crippen molar-refractivity contribution in [3.63, 3.8) is 0 Å². The Morgan fingerprint density at radius 1 is 1.39 bits per heavy atom. The van der Waals surface area contributed by atoms with Gasteiger partial charge in [-0.2, -0.15) is 0 Å². The van der Waals surface area contributed by atoms with Crippen molar-refractivity contribution in [1.82, 2.24) is 10.3 Å². The summed E-state index contributed by atoms with van der Waals surface area (Å²) in [6, 6.07) is 6.56. The monoisotopic (exact) mass is 280 g/mol. The van der Waals surface area contributed by atoms with Gasteiger partial charge in [-0.1, -0.05) is 37.6 Å². The summed E-state index contributed by atoms with van der Waals surface area (Å²) in [6.45, 7) is 7.08. The fourth-order valence-electron chi connectivity index (χ4n) is 1.56. The van der Waals surface area contributed by atoms with Gasteiger partial charge in [0.1, 0.15) is 5.01 Å². The second-order valence-electron chi connectivity index (χ2n) is 4.64. The van der Waals surface area contributed by atoms with Crippen molar-refractivity contribution in [1.29, 1.82) is 0 Å². The first-order chi connectivity index (χ1) is 8.56. The number of nitrogens with one attached hydrogen (secondary N) is 1. The summed E-state index contributed by atoms with van der Waals surface area (Å²) in [5, 5.41) is 7.28. The average Bonchev–Trinajstić information content (AvgIpc) is 2.79. The minimum absolute atomic E-state index is 0.476. The van der Waals surface area contributed by atoms with Crippen molar-refractivity contribution in [2.24, 2.45) is 0 Å². The summed E-state index contributed by atoms with van der Waals surface area (Å²) >= 11 is 7.80. The number of rotatable bonds is 4. The Balaban J connectivity index is 2.16. The molecular formula is C14H17ClN2S. The minimum Gasteiger partial charge on any atom is -0.309 e. The van der Waals surface area contributed by atoms with Gasteiger partial charge in [-0.3, -0.25) is 0 Å². The highest BCUT2D eigenvalue weighted by atomic mass is 35.5. The number of hydrogen-bond donors (Lipinski definition) is 1. The van der Waals surface area contributed by atoms with E-state index >= 15 is 0 Å². The number of nitrogens with zero attached hydrogens (tertiary/aromatic N) is 1. The van der Waals surface area contributed by atoms with Gasteiger partial charge in [-0.05, 0) is 18.6 Å². The first kappa shape index (κ1) is 13.5. The summed E-state index contributed by atoms with van der Waals surface area (Å²) in [6.07, 6.45) is 0. The van der Waals surface area contributed by atoms with Gasteiger partial charge in [-0.15, -0.1) is 11.3 Å². The number of hydrogen-bond acceptors (Lipinski definition) is 3. The molecule has 2 aromatic rings. The molecule has 18 heavy (non-hydrogen) atoms. The molecule has 0 aliphatic carbocycles. The van der Waals surface area contributed by atoms with Crippen LogP contribution in [0, 0.1) is 6.92 Å². The van der Waals surface area contributed by atoms with E-state index in [4.69, 9.17) is 11.6 Å². The Morgan fingerprint density at radius 3 is 2.83 bits per heavy atom. The van der Waals surface area contributed by atoms with Gasteiger partial charge < -0.3 is 5.32 Å². The summed E-state index contributed by atoms with van der Waals surface area (Å²) in [5.74, 6) is 0. The van der Waals surface area contributed by atoms with Crippen molar-refractivity contribution in [2.75, 3.05) is 0 Å². The van der Waals surface area contributed by atoms with Gasteiger partial charge in [-0.25, -0.2) is 4.98 Å². The maximum atomic E-state index is 6.14. The highest BCUT2D eigenvalue weighted by Gasteiger charge is 2.06. The third-order valence-corrected chi connectivity index (χ3v) is 4.01. The van der Waals surface area contributed by atoms with Crippen LogP contribution in [0.15, 0.2) is 23.6 Å². The smallest absolute Gasteiger partial charge is 0.123 e. The molecule has 1 aromatic heterocycles. The Kier molecular flexibility index (Phi) is 4.38. The summed E-state index contributed by atoms with van der Waals surface area (Å²) in [5.41, 5.74) is 3.27. The molecule has 0 atom stereocenters. The van der Waals surface area contributed by atoms with E-state index in [1.807, 2.05) is 19.1 Å². The molecule has 0 fully saturated rings. The lowest BCUT2D eigenvalue weighted by molar-refractivity contribution is 0.583. The van der Waals surface area contributed by atoms with Crippen LogP contribution < -0.4 is 5.32 Å². The molecule has 0 saturated heterocycles. The molecule has 0 spiro atoms. The van der Waals surface area contributed by atoms with Crippen LogP contribution in [0.4, 0.5) is 0 Å². The molecule has 4 heteroatoms. The fourth-order valence-corrected chi connectivity index (χ4v) is 2.55. The lowest BCUT2D eigenvalue weighted by Crippen LogP contribution is -2.21. The van der Waals surface area contributed by atoms with Crippen LogP contribution in [-0.2, 0) is 6.54 Å². The van der Waals surface area contributed by atoms with E-state index in [0.717, 1.165) is 33.4 Å². The normalized spacial score (nSPS) is 11.2. The number of aryl methyl sites for hydroxylation is 1. The molecule has 1 N–H and O–H groups in total. The van der Waals surface area contributed by atoms with Gasteiger partial charge in [0.15, 0.2) is 0 Å². The van der Waals surface area contributed by atoms with Gasteiger partial charge in [0, 0.05) is 28.6 Å². The van der Waals surface area contributed by atoms with E-state index in [0.29, 0.717) is 6.04 Å². The molecule has 0 radical (unpaired) electrons. The molecule has 2 nitrogen and oxygen atoms in total. The highest BCUT2D eigenvalue weighted by Crippen LogP contribution is 2.27. The number of halogens is 1. The molecule has 0 unspecified atom stereocenters. The lowest BCUT2D eigenvalue weighted by atomic mass is 10.1. The van der Waals surface area contributed by atoms with Crippen LogP contribution >= 0.6 is 22.9 Å². The third-order valence-electron chi connectivity index (χ3n) is 2.66. The van der Waals surface area contributed by atoms with E-state index in [9.17, 15) is 0 Å². The SMILES string of the molecule is Cc1ccc(-c2nc(CNC(C)C)cs2)cc1Cl. The Labute approximate surface area is 117 Å². The molecule has 0 amide bonds.